The van der Waals surface area contributed by atoms with Gasteiger partial charge in [0.2, 0.25) is 0 Å². The molecule has 3 heterocycles. The fraction of sp³-hybridized carbons (Fsp3) is 0.241. The van der Waals surface area contributed by atoms with E-state index >= 15 is 0 Å². The van der Waals surface area contributed by atoms with Gasteiger partial charge >= 0.3 is 6.18 Å². The van der Waals surface area contributed by atoms with Crippen LogP contribution in [0.1, 0.15) is 54.0 Å². The van der Waals surface area contributed by atoms with Crippen LogP contribution in [0.15, 0.2) is 66.2 Å². The maximum atomic E-state index is 13.8. The zero-order chi connectivity index (χ0) is 28.6. The van der Waals surface area contributed by atoms with E-state index in [-0.39, 0.29) is 29.7 Å². The number of alkyl halides is 3. The smallest absolute Gasteiger partial charge is 0.346 e. The molecule has 0 radical (unpaired) electrons. The third-order valence-corrected chi connectivity index (χ3v) is 7.83. The summed E-state index contributed by atoms with van der Waals surface area (Å²) in [5.74, 6) is -1.61. The van der Waals surface area contributed by atoms with Crippen molar-refractivity contribution in [1.82, 2.24) is 20.0 Å². The van der Waals surface area contributed by atoms with Gasteiger partial charge in [0.1, 0.15) is 0 Å². The van der Waals surface area contributed by atoms with Gasteiger partial charge < -0.3 is 5.32 Å². The highest BCUT2D eigenvalue weighted by Gasteiger charge is 2.38. The summed E-state index contributed by atoms with van der Waals surface area (Å²) in [4.78, 5) is 40.7. The van der Waals surface area contributed by atoms with Crippen molar-refractivity contribution in [2.75, 3.05) is 6.54 Å². The molecule has 3 amide bonds. The number of halogens is 3. The number of nitrogens with one attached hydrogen (secondary N) is 1. The van der Waals surface area contributed by atoms with E-state index in [1.165, 1.54) is 41.7 Å². The summed E-state index contributed by atoms with van der Waals surface area (Å²) in [5.41, 5.74) is 2.24. The van der Waals surface area contributed by atoms with Crippen LogP contribution >= 0.6 is 11.3 Å². The fourth-order valence-electron chi connectivity index (χ4n) is 4.98. The lowest BCUT2D eigenvalue weighted by Crippen LogP contribution is -2.47. The zero-order valence-corrected chi connectivity index (χ0v) is 22.5. The van der Waals surface area contributed by atoms with Crippen molar-refractivity contribution in [1.29, 1.82) is 0 Å². The van der Waals surface area contributed by atoms with Crippen LogP contribution in [0.3, 0.4) is 0 Å². The third-order valence-electron chi connectivity index (χ3n) is 6.90. The molecule has 0 saturated heterocycles. The number of carbonyl (C=O) groups is 3. The Morgan fingerprint density at radius 1 is 1.02 bits per heavy atom. The summed E-state index contributed by atoms with van der Waals surface area (Å²) < 4.78 is 43.0. The Balaban J connectivity index is 1.44. The predicted molar refractivity (Wildman–Crippen MR) is 144 cm³/mol. The van der Waals surface area contributed by atoms with Gasteiger partial charge in [-0.05, 0) is 48.2 Å². The minimum atomic E-state index is -4.61. The second kappa shape index (κ2) is 10.7. The number of amides is 3. The quantitative estimate of drug-likeness (QED) is 0.291. The highest BCUT2D eigenvalue weighted by Crippen LogP contribution is 2.33. The molecule has 2 aromatic heterocycles. The summed E-state index contributed by atoms with van der Waals surface area (Å²) in [5, 5.41) is 8.90. The highest BCUT2D eigenvalue weighted by molar-refractivity contribution is 7.12. The standard InChI is InChI=1S/C29H25F3N4O3S/c1-3-17-14-33-35(2)25(17)19-13-24(40-16-19)26(37)34-20(12-18-8-4-7-11-23(18)29(30,31)32)15-36-27(38)21-9-5-6-10-22(21)28(36)39/h4-11,13-14,16,20H,3,12,15H2,1-2H3,(H,34,37)/t20-/m0/s1. The van der Waals surface area contributed by atoms with Crippen molar-refractivity contribution < 1.29 is 27.6 Å². The highest BCUT2D eigenvalue weighted by atomic mass is 32.1. The number of hydrogen-bond acceptors (Lipinski definition) is 5. The Morgan fingerprint density at radius 3 is 2.33 bits per heavy atom. The maximum Gasteiger partial charge on any atom is 0.416 e. The van der Waals surface area contributed by atoms with Crippen molar-refractivity contribution in [2.45, 2.75) is 32.0 Å². The van der Waals surface area contributed by atoms with Gasteiger partial charge in [0.05, 0.1) is 39.5 Å². The van der Waals surface area contributed by atoms with Crippen LogP contribution in [0.5, 0.6) is 0 Å². The molecule has 5 rings (SSSR count). The van der Waals surface area contributed by atoms with E-state index < -0.39 is 35.5 Å². The molecule has 0 bridgehead atoms. The molecule has 1 N–H and O–H groups in total. The summed E-state index contributed by atoms with van der Waals surface area (Å²) in [6, 6.07) is 12.1. The molecule has 40 heavy (non-hydrogen) atoms. The first kappa shape index (κ1) is 27.3. The minimum Gasteiger partial charge on any atom is -0.346 e. The van der Waals surface area contributed by atoms with E-state index in [1.807, 2.05) is 19.4 Å². The number of nitrogens with zero attached hydrogens (tertiary/aromatic N) is 3. The number of aryl methyl sites for hydroxylation is 2. The number of thiophene rings is 1. The lowest BCUT2D eigenvalue weighted by Gasteiger charge is -2.25. The minimum absolute atomic E-state index is 0.0498. The molecule has 2 aromatic carbocycles. The van der Waals surface area contributed by atoms with Crippen molar-refractivity contribution in [3.05, 3.63) is 98.9 Å². The van der Waals surface area contributed by atoms with E-state index in [2.05, 4.69) is 10.4 Å². The van der Waals surface area contributed by atoms with Crippen molar-refractivity contribution >= 4 is 29.1 Å². The van der Waals surface area contributed by atoms with Gasteiger partial charge in [-0.1, -0.05) is 37.3 Å². The zero-order valence-electron chi connectivity index (χ0n) is 21.7. The molecule has 4 aromatic rings. The first-order chi connectivity index (χ1) is 19.1. The Morgan fingerprint density at radius 2 is 1.68 bits per heavy atom. The Labute approximate surface area is 232 Å². The fourth-order valence-corrected chi connectivity index (χ4v) is 5.77. The van der Waals surface area contributed by atoms with Crippen LogP contribution in [0.4, 0.5) is 13.2 Å². The van der Waals surface area contributed by atoms with E-state index in [4.69, 9.17) is 0 Å². The van der Waals surface area contributed by atoms with Crippen LogP contribution in [0, 0.1) is 0 Å². The largest absolute Gasteiger partial charge is 0.416 e. The second-order valence-electron chi connectivity index (χ2n) is 9.49. The number of rotatable bonds is 8. The summed E-state index contributed by atoms with van der Waals surface area (Å²) in [6.45, 7) is 1.72. The van der Waals surface area contributed by atoms with Gasteiger partial charge in [-0.2, -0.15) is 18.3 Å². The molecule has 7 nitrogen and oxygen atoms in total. The predicted octanol–water partition coefficient (Wildman–Crippen LogP) is 5.37. The SMILES string of the molecule is CCc1cnn(C)c1-c1csc(C(=O)N[C@@H](Cc2ccccc2C(F)(F)F)CN2C(=O)c3ccccc3C2=O)c1. The van der Waals surface area contributed by atoms with E-state index in [0.717, 1.165) is 34.2 Å². The number of hydrogen-bond donors (Lipinski definition) is 1. The Hall–Kier alpha value is -4.25. The Kier molecular flexibility index (Phi) is 7.33. The van der Waals surface area contributed by atoms with Crippen molar-refractivity contribution in [2.24, 2.45) is 7.05 Å². The van der Waals surface area contributed by atoms with Gasteiger partial charge in [0, 0.05) is 24.5 Å². The van der Waals surface area contributed by atoms with Gasteiger partial charge in [-0.15, -0.1) is 11.3 Å². The van der Waals surface area contributed by atoms with Crippen LogP contribution in [0.25, 0.3) is 11.3 Å². The van der Waals surface area contributed by atoms with Crippen LogP contribution < -0.4 is 5.32 Å². The number of fused-ring (bicyclic) bond motifs is 1. The van der Waals surface area contributed by atoms with Gasteiger partial charge in [0.25, 0.3) is 17.7 Å². The van der Waals surface area contributed by atoms with Crippen molar-refractivity contribution in [3.8, 4) is 11.3 Å². The molecule has 11 heteroatoms. The summed E-state index contributed by atoms with van der Waals surface area (Å²) in [7, 11) is 1.81. The Bertz CT molecular complexity index is 1570. The first-order valence-electron chi connectivity index (χ1n) is 12.6. The van der Waals surface area contributed by atoms with E-state index in [1.54, 1.807) is 29.1 Å². The average Bonchev–Trinajstić information content (AvgIpc) is 3.62. The molecule has 0 unspecified atom stereocenters. The molecule has 206 valence electrons. The van der Waals surface area contributed by atoms with Crippen LogP contribution in [-0.2, 0) is 26.1 Å². The molecular weight excluding hydrogens is 541 g/mol. The first-order valence-corrected chi connectivity index (χ1v) is 13.5. The lowest BCUT2D eigenvalue weighted by atomic mass is 9.99. The maximum absolute atomic E-state index is 13.8. The molecule has 0 aliphatic carbocycles. The third kappa shape index (κ3) is 5.16. The molecule has 0 saturated carbocycles. The topological polar surface area (TPSA) is 84.3 Å². The number of aromatic nitrogens is 2. The molecule has 1 atom stereocenters. The summed E-state index contributed by atoms with van der Waals surface area (Å²) >= 11 is 1.19. The van der Waals surface area contributed by atoms with E-state index in [0.29, 0.717) is 4.88 Å². The number of carbonyl (C=O) groups excluding carboxylic acids is 3. The van der Waals surface area contributed by atoms with Gasteiger partial charge in [-0.3, -0.25) is 24.0 Å². The second-order valence-corrected chi connectivity index (χ2v) is 10.4. The lowest BCUT2D eigenvalue weighted by molar-refractivity contribution is -0.138. The summed E-state index contributed by atoms with van der Waals surface area (Å²) in [6.07, 6.45) is -2.33. The molecule has 1 aliphatic heterocycles. The van der Waals surface area contributed by atoms with E-state index in [9.17, 15) is 27.6 Å². The molecule has 0 spiro atoms. The van der Waals surface area contributed by atoms with Crippen molar-refractivity contribution in [3.63, 3.8) is 0 Å². The van der Waals surface area contributed by atoms with Gasteiger partial charge in [0.15, 0.2) is 0 Å². The van der Waals surface area contributed by atoms with Crippen LogP contribution in [0.2, 0.25) is 0 Å². The number of imide groups is 1. The normalized spacial score (nSPS) is 14.0. The average molecular weight is 567 g/mol. The van der Waals surface area contributed by atoms with Gasteiger partial charge in [-0.25, -0.2) is 0 Å². The van der Waals surface area contributed by atoms with Crippen LogP contribution in [-0.4, -0.2) is 45.0 Å². The molecule has 0 fully saturated rings. The molecular formula is C29H25F3N4O3S. The monoisotopic (exact) mass is 566 g/mol. The number of benzene rings is 2. The molecule has 1 aliphatic rings.